The minimum Gasteiger partial charge on any atom is -0.457 e. The van der Waals surface area contributed by atoms with Gasteiger partial charge in [-0.3, -0.25) is 9.59 Å². The second-order valence-corrected chi connectivity index (χ2v) is 9.76. The van der Waals surface area contributed by atoms with E-state index in [1.807, 2.05) is 19.1 Å². The van der Waals surface area contributed by atoms with Gasteiger partial charge in [0, 0.05) is 29.6 Å². The topological polar surface area (TPSA) is 139 Å². The van der Waals surface area contributed by atoms with E-state index in [0.717, 1.165) is 16.5 Å². The number of benzene rings is 3. The predicted octanol–water partition coefficient (Wildman–Crippen LogP) is 4.61. The Morgan fingerprint density at radius 2 is 1.85 bits per heavy atom. The molecule has 0 spiro atoms. The molecule has 0 bridgehead atoms. The maximum absolute atomic E-state index is 13.4. The summed E-state index contributed by atoms with van der Waals surface area (Å²) in [6, 6.07) is 21.5. The van der Waals surface area contributed by atoms with Gasteiger partial charge in [0.05, 0.1) is 48.0 Å². The van der Waals surface area contributed by atoms with E-state index in [0.29, 0.717) is 60.3 Å². The molecule has 3 N–H and O–H groups in total. The summed E-state index contributed by atoms with van der Waals surface area (Å²) in [5.41, 5.74) is 10.4. The second-order valence-electron chi connectivity index (χ2n) is 9.76. The smallest absolute Gasteiger partial charge is 0.254 e. The van der Waals surface area contributed by atoms with Crippen LogP contribution in [-0.2, 0) is 4.74 Å². The minimum atomic E-state index is -0.305. The second kappa shape index (κ2) is 10.6. The van der Waals surface area contributed by atoms with Crippen LogP contribution in [0.2, 0.25) is 0 Å². The number of anilines is 1. The Balaban J connectivity index is 1.23. The molecule has 10 heteroatoms. The molecule has 2 aromatic heterocycles. The molecule has 1 amide bonds. The Morgan fingerprint density at radius 1 is 1.05 bits per heavy atom. The number of ketones is 1. The number of nitriles is 1. The molecule has 1 saturated heterocycles. The fourth-order valence-electron chi connectivity index (χ4n) is 4.90. The number of nitrogens with zero attached hydrogens (tertiary/aromatic N) is 4. The van der Waals surface area contributed by atoms with E-state index < -0.39 is 0 Å². The van der Waals surface area contributed by atoms with Crippen LogP contribution in [-0.4, -0.2) is 57.7 Å². The first-order chi connectivity index (χ1) is 19.9. The van der Waals surface area contributed by atoms with Crippen LogP contribution >= 0.6 is 0 Å². The maximum atomic E-state index is 13.4. The summed E-state index contributed by atoms with van der Waals surface area (Å²) in [4.78, 5) is 31.3. The van der Waals surface area contributed by atoms with Crippen molar-refractivity contribution >= 4 is 28.4 Å². The zero-order valence-electron chi connectivity index (χ0n) is 22.3. The number of ether oxygens (including phenoxy) is 2. The number of aromatic nitrogens is 3. The van der Waals surface area contributed by atoms with Crippen molar-refractivity contribution in [3.63, 3.8) is 0 Å². The number of nitrogen functional groups attached to an aromatic ring is 1. The van der Waals surface area contributed by atoms with Crippen molar-refractivity contribution in [3.8, 4) is 23.3 Å². The number of morpholine rings is 1. The van der Waals surface area contributed by atoms with Crippen LogP contribution in [0.25, 0.3) is 16.6 Å². The number of fused-ring (bicyclic) bond motifs is 1. The monoisotopic (exact) mass is 546 g/mol. The van der Waals surface area contributed by atoms with Gasteiger partial charge in [-0.05, 0) is 73.2 Å². The van der Waals surface area contributed by atoms with Crippen LogP contribution < -0.4 is 10.5 Å². The molecule has 1 aliphatic rings. The Labute approximate surface area is 235 Å². The van der Waals surface area contributed by atoms with Gasteiger partial charge >= 0.3 is 0 Å². The van der Waals surface area contributed by atoms with E-state index in [-0.39, 0.29) is 23.1 Å². The lowest BCUT2D eigenvalue weighted by Crippen LogP contribution is -2.40. The highest BCUT2D eigenvalue weighted by atomic mass is 16.5. The van der Waals surface area contributed by atoms with Gasteiger partial charge in [0.25, 0.3) is 5.91 Å². The third kappa shape index (κ3) is 5.02. The summed E-state index contributed by atoms with van der Waals surface area (Å²) < 4.78 is 12.8. The molecule has 5 aromatic rings. The number of amides is 1. The summed E-state index contributed by atoms with van der Waals surface area (Å²) in [5.74, 6) is 0.986. The minimum absolute atomic E-state index is 0.0581. The molecular formula is C31H26N6O4. The molecule has 1 aliphatic heterocycles. The number of nitrogens with one attached hydrogen (secondary N) is 1. The molecule has 204 valence electrons. The quantitative estimate of drug-likeness (QED) is 0.297. The lowest BCUT2D eigenvalue weighted by atomic mass is 10.1. The number of rotatable bonds is 6. The van der Waals surface area contributed by atoms with E-state index in [1.165, 1.54) is 10.9 Å². The first-order valence-electron chi connectivity index (χ1n) is 13.1. The number of aryl methyl sites for hydroxylation is 1. The van der Waals surface area contributed by atoms with Crippen LogP contribution in [0.3, 0.4) is 0 Å². The van der Waals surface area contributed by atoms with E-state index >= 15 is 0 Å². The zero-order valence-corrected chi connectivity index (χ0v) is 22.3. The van der Waals surface area contributed by atoms with Crippen molar-refractivity contribution in [2.24, 2.45) is 0 Å². The molecular weight excluding hydrogens is 520 g/mol. The van der Waals surface area contributed by atoms with Gasteiger partial charge < -0.3 is 25.1 Å². The molecule has 0 aliphatic carbocycles. The first-order valence-corrected chi connectivity index (χ1v) is 13.1. The SMILES string of the molecule is Cc1cc(Oc2cccc(C#N)c2)ccc1-n1ncc(C(=O)c2cc3cc(C(=O)N4CCOCC4)ccc3[nH]2)c1N. The van der Waals surface area contributed by atoms with Crippen LogP contribution in [0.5, 0.6) is 11.5 Å². The Bertz CT molecular complexity index is 1840. The third-order valence-corrected chi connectivity index (χ3v) is 7.06. The molecule has 1 fully saturated rings. The Kier molecular flexibility index (Phi) is 6.71. The Hall–Kier alpha value is -5.40. The molecule has 0 radical (unpaired) electrons. The summed E-state index contributed by atoms with van der Waals surface area (Å²) in [5, 5.41) is 14.3. The summed E-state index contributed by atoms with van der Waals surface area (Å²) in [7, 11) is 0. The number of aromatic amines is 1. The molecule has 6 rings (SSSR count). The van der Waals surface area contributed by atoms with Crippen molar-refractivity contribution in [1.29, 1.82) is 5.26 Å². The van der Waals surface area contributed by atoms with Crippen LogP contribution in [0.4, 0.5) is 5.82 Å². The molecule has 0 unspecified atom stereocenters. The van der Waals surface area contributed by atoms with Gasteiger partial charge in [0.1, 0.15) is 17.3 Å². The fourth-order valence-corrected chi connectivity index (χ4v) is 4.90. The van der Waals surface area contributed by atoms with E-state index in [1.54, 1.807) is 59.5 Å². The molecule has 3 heterocycles. The summed E-state index contributed by atoms with van der Waals surface area (Å²) in [6.07, 6.45) is 1.45. The van der Waals surface area contributed by atoms with Crippen molar-refractivity contribution < 1.29 is 19.1 Å². The zero-order chi connectivity index (χ0) is 28.5. The Morgan fingerprint density at radius 3 is 2.63 bits per heavy atom. The fraction of sp³-hybridized carbons (Fsp3) is 0.161. The number of H-pyrrole nitrogens is 1. The molecule has 0 atom stereocenters. The van der Waals surface area contributed by atoms with E-state index in [9.17, 15) is 9.59 Å². The van der Waals surface area contributed by atoms with Gasteiger partial charge in [-0.25, -0.2) is 4.68 Å². The number of hydrogen-bond donors (Lipinski definition) is 2. The van der Waals surface area contributed by atoms with Crippen molar-refractivity contribution in [2.45, 2.75) is 6.92 Å². The number of carbonyl (C=O) groups is 2. The average molecular weight is 547 g/mol. The lowest BCUT2D eigenvalue weighted by Gasteiger charge is -2.26. The number of nitrogens with two attached hydrogens (primary N) is 1. The normalized spacial score (nSPS) is 13.2. The molecule has 10 nitrogen and oxygen atoms in total. The number of carbonyl (C=O) groups excluding carboxylic acids is 2. The van der Waals surface area contributed by atoms with E-state index in [2.05, 4.69) is 16.2 Å². The molecule has 3 aromatic carbocycles. The highest BCUT2D eigenvalue weighted by Crippen LogP contribution is 2.29. The van der Waals surface area contributed by atoms with Gasteiger partial charge in [0.15, 0.2) is 0 Å². The maximum Gasteiger partial charge on any atom is 0.254 e. The summed E-state index contributed by atoms with van der Waals surface area (Å²) in [6.45, 7) is 4.07. The molecule has 41 heavy (non-hydrogen) atoms. The van der Waals surface area contributed by atoms with Crippen LogP contribution in [0.15, 0.2) is 72.9 Å². The highest BCUT2D eigenvalue weighted by molar-refractivity contribution is 6.13. The van der Waals surface area contributed by atoms with Crippen LogP contribution in [0, 0.1) is 18.3 Å². The summed E-state index contributed by atoms with van der Waals surface area (Å²) >= 11 is 0. The van der Waals surface area contributed by atoms with Crippen LogP contribution in [0.1, 0.15) is 37.5 Å². The van der Waals surface area contributed by atoms with Gasteiger partial charge in [-0.2, -0.15) is 10.4 Å². The number of hydrogen-bond acceptors (Lipinski definition) is 7. The van der Waals surface area contributed by atoms with Gasteiger partial charge in [-0.15, -0.1) is 0 Å². The standard InChI is InChI=1S/C31H26N6O4/c1-19-13-24(41-23-4-2-3-20(14-23)17-32)6-8-28(19)37-30(33)25(18-34-37)29(38)27-16-22-15-21(5-7-26(22)35-27)31(39)36-9-11-40-12-10-36/h2-8,13-16,18,35H,9-12,33H2,1H3. The third-order valence-electron chi connectivity index (χ3n) is 7.06. The highest BCUT2D eigenvalue weighted by Gasteiger charge is 2.22. The van der Waals surface area contributed by atoms with E-state index in [4.69, 9.17) is 20.5 Å². The first kappa shape index (κ1) is 25.9. The predicted molar refractivity (Wildman–Crippen MR) is 152 cm³/mol. The molecule has 0 saturated carbocycles. The largest absolute Gasteiger partial charge is 0.457 e. The average Bonchev–Trinajstić information content (AvgIpc) is 3.60. The lowest BCUT2D eigenvalue weighted by molar-refractivity contribution is 0.0303. The van der Waals surface area contributed by atoms with Gasteiger partial charge in [-0.1, -0.05) is 6.07 Å². The van der Waals surface area contributed by atoms with Crippen molar-refractivity contribution in [3.05, 3.63) is 101 Å². The van der Waals surface area contributed by atoms with Crippen molar-refractivity contribution in [1.82, 2.24) is 19.7 Å². The van der Waals surface area contributed by atoms with Gasteiger partial charge in [0.2, 0.25) is 5.78 Å². The van der Waals surface area contributed by atoms with Crippen molar-refractivity contribution in [2.75, 3.05) is 32.0 Å².